The number of esters is 2. The van der Waals surface area contributed by atoms with Crippen LogP contribution in [0.3, 0.4) is 0 Å². The molecule has 0 heterocycles. The van der Waals surface area contributed by atoms with Gasteiger partial charge in [0.25, 0.3) is 0 Å². The first-order valence-electron chi connectivity index (χ1n) is 4.45. The molecule has 0 N–H and O–H groups in total. The van der Waals surface area contributed by atoms with Crippen molar-refractivity contribution in [2.24, 2.45) is 0 Å². The Morgan fingerprint density at radius 2 is 2.06 bits per heavy atom. The molecule has 0 radical (unpaired) electrons. The van der Waals surface area contributed by atoms with Gasteiger partial charge >= 0.3 is 11.9 Å². The van der Waals surface area contributed by atoms with Crippen molar-refractivity contribution in [2.75, 3.05) is 6.61 Å². The average Bonchev–Trinajstić information content (AvgIpc) is 2.23. The van der Waals surface area contributed by atoms with Crippen molar-refractivity contribution in [3.63, 3.8) is 0 Å². The summed E-state index contributed by atoms with van der Waals surface area (Å²) in [4.78, 5) is 21.9. The van der Waals surface area contributed by atoms with Crippen LogP contribution in [0.15, 0.2) is 36.1 Å². The van der Waals surface area contributed by atoms with Gasteiger partial charge in [-0.1, -0.05) is 30.8 Å². The molecule has 0 amide bonds. The molecule has 0 unspecified atom stereocenters. The average molecular weight is 245 g/mol. The van der Waals surface area contributed by atoms with Crippen LogP contribution in [0, 0.1) is 0 Å². The van der Waals surface area contributed by atoms with Crippen LogP contribution >= 0.6 is 11.6 Å². The van der Waals surface area contributed by atoms with Crippen molar-refractivity contribution in [2.45, 2.75) is 13.3 Å². The van der Waals surface area contributed by atoms with E-state index in [0.29, 0.717) is 0 Å². The second-order valence-corrected chi connectivity index (χ2v) is 3.35. The van der Waals surface area contributed by atoms with E-state index in [-0.39, 0.29) is 23.6 Å². The highest BCUT2D eigenvalue weighted by Crippen LogP contribution is 2.05. The Hall–Kier alpha value is -1.55. The first-order chi connectivity index (χ1) is 7.47. The third-order valence-electron chi connectivity index (χ3n) is 1.39. The van der Waals surface area contributed by atoms with E-state index >= 15 is 0 Å². The zero-order chi connectivity index (χ0) is 12.6. The molecule has 0 saturated heterocycles. The van der Waals surface area contributed by atoms with E-state index in [1.807, 2.05) is 0 Å². The smallest absolute Gasteiger partial charge is 0.333 e. The molecule has 0 rings (SSSR count). The second kappa shape index (κ2) is 7.70. The Morgan fingerprint density at radius 3 is 2.56 bits per heavy atom. The lowest BCUT2D eigenvalue weighted by molar-refractivity contribution is -0.138. The Balaban J connectivity index is 3.96. The molecular weight excluding hydrogens is 232 g/mol. The lowest BCUT2D eigenvalue weighted by atomic mass is 10.3. The van der Waals surface area contributed by atoms with Gasteiger partial charge in [0.1, 0.15) is 6.61 Å². The molecule has 0 saturated carbocycles. The summed E-state index contributed by atoms with van der Waals surface area (Å²) >= 11 is 5.69. The minimum atomic E-state index is -0.528. The van der Waals surface area contributed by atoms with Gasteiger partial charge in [0.05, 0.1) is 17.7 Å². The minimum Gasteiger partial charge on any atom is -0.457 e. The van der Waals surface area contributed by atoms with Crippen LogP contribution < -0.4 is 0 Å². The van der Waals surface area contributed by atoms with Gasteiger partial charge in [-0.15, -0.1) is 0 Å². The van der Waals surface area contributed by atoms with Gasteiger partial charge in [-0.25, -0.2) is 4.79 Å². The van der Waals surface area contributed by atoms with Crippen molar-refractivity contribution >= 4 is 23.5 Å². The van der Waals surface area contributed by atoms with Gasteiger partial charge in [-0.05, 0) is 6.92 Å². The van der Waals surface area contributed by atoms with E-state index in [1.165, 1.54) is 13.0 Å². The van der Waals surface area contributed by atoms with Crippen LogP contribution in [0.2, 0.25) is 0 Å². The predicted molar refractivity (Wildman–Crippen MR) is 60.6 cm³/mol. The Labute approximate surface area is 99.2 Å². The van der Waals surface area contributed by atoms with Crippen molar-refractivity contribution in [3.05, 3.63) is 36.1 Å². The van der Waals surface area contributed by atoms with Gasteiger partial charge in [0, 0.05) is 5.57 Å². The predicted octanol–water partition coefficient (Wildman–Crippen LogP) is 2.31. The largest absolute Gasteiger partial charge is 0.457 e. The van der Waals surface area contributed by atoms with E-state index in [2.05, 4.69) is 17.9 Å². The third kappa shape index (κ3) is 6.84. The first-order valence-corrected chi connectivity index (χ1v) is 4.82. The van der Waals surface area contributed by atoms with Crippen molar-refractivity contribution in [3.8, 4) is 0 Å². The van der Waals surface area contributed by atoms with Crippen LogP contribution in [0.4, 0.5) is 0 Å². The second-order valence-electron chi connectivity index (χ2n) is 2.87. The molecule has 0 fully saturated rings. The molecule has 0 aliphatic rings. The molecule has 0 aliphatic heterocycles. The Morgan fingerprint density at radius 1 is 1.44 bits per heavy atom. The molecule has 0 atom stereocenters. The van der Waals surface area contributed by atoms with Crippen LogP contribution in [0.1, 0.15) is 13.3 Å². The van der Waals surface area contributed by atoms with E-state index in [0.717, 1.165) is 6.26 Å². The zero-order valence-electron chi connectivity index (χ0n) is 8.99. The lowest BCUT2D eigenvalue weighted by Gasteiger charge is -2.02. The van der Waals surface area contributed by atoms with Crippen LogP contribution in [-0.2, 0) is 19.1 Å². The summed E-state index contributed by atoms with van der Waals surface area (Å²) < 4.78 is 9.20. The molecule has 88 valence electrons. The van der Waals surface area contributed by atoms with Crippen molar-refractivity contribution in [1.29, 1.82) is 0 Å². The maximum absolute atomic E-state index is 11.0. The first kappa shape index (κ1) is 14.5. The number of hydrogen-bond donors (Lipinski definition) is 0. The number of carbonyl (C=O) groups excluding carboxylic acids is 2. The Bertz CT molecular complexity index is 331. The summed E-state index contributed by atoms with van der Waals surface area (Å²) in [6, 6.07) is 0. The van der Waals surface area contributed by atoms with E-state index in [1.54, 1.807) is 0 Å². The van der Waals surface area contributed by atoms with Gasteiger partial charge in [-0.2, -0.15) is 0 Å². The molecule has 0 bridgehead atoms. The number of ether oxygens (including phenoxy) is 2. The maximum atomic E-state index is 11.0. The highest BCUT2D eigenvalue weighted by Gasteiger charge is 2.04. The Kier molecular flexibility index (Phi) is 6.96. The molecule has 0 spiro atoms. The zero-order valence-corrected chi connectivity index (χ0v) is 9.75. The van der Waals surface area contributed by atoms with Gasteiger partial charge < -0.3 is 9.47 Å². The molecule has 5 heteroatoms. The van der Waals surface area contributed by atoms with Gasteiger partial charge in [-0.3, -0.25) is 4.79 Å². The van der Waals surface area contributed by atoms with Crippen LogP contribution in [0.25, 0.3) is 0 Å². The summed E-state index contributed by atoms with van der Waals surface area (Å²) in [5, 5.41) is 0.246. The van der Waals surface area contributed by atoms with Crippen molar-refractivity contribution < 1.29 is 19.1 Å². The van der Waals surface area contributed by atoms with E-state index < -0.39 is 11.9 Å². The van der Waals surface area contributed by atoms with Crippen LogP contribution in [0.5, 0.6) is 0 Å². The van der Waals surface area contributed by atoms with E-state index in [4.69, 9.17) is 16.3 Å². The van der Waals surface area contributed by atoms with E-state index in [9.17, 15) is 9.59 Å². The standard InChI is InChI=1S/C11H13ClO4/c1-4-15-10(13)6-5-9(12)7-16-11(14)8(2)3/h4-5H,1-2,6-7H2,3H3. The fraction of sp³-hybridized carbons (Fsp3) is 0.273. The topological polar surface area (TPSA) is 52.6 Å². The minimum absolute atomic E-state index is 0.00449. The van der Waals surface area contributed by atoms with Crippen LogP contribution in [-0.4, -0.2) is 18.5 Å². The summed E-state index contributed by atoms with van der Waals surface area (Å²) in [6.07, 6.45) is 2.43. The van der Waals surface area contributed by atoms with Gasteiger partial charge in [0.2, 0.25) is 0 Å². The number of rotatable bonds is 6. The molecule has 16 heavy (non-hydrogen) atoms. The fourth-order valence-electron chi connectivity index (χ4n) is 0.652. The summed E-state index contributed by atoms with van der Waals surface area (Å²) in [6.45, 7) is 8.08. The highest BCUT2D eigenvalue weighted by atomic mass is 35.5. The van der Waals surface area contributed by atoms with Crippen molar-refractivity contribution in [1.82, 2.24) is 0 Å². The monoisotopic (exact) mass is 244 g/mol. The molecule has 4 nitrogen and oxygen atoms in total. The number of carbonyl (C=O) groups is 2. The molecular formula is C11H13ClO4. The third-order valence-corrected chi connectivity index (χ3v) is 1.66. The fourth-order valence-corrected chi connectivity index (χ4v) is 0.783. The number of halogens is 1. The maximum Gasteiger partial charge on any atom is 0.333 e. The summed E-state index contributed by atoms with van der Waals surface area (Å²) in [5.74, 6) is -1.01. The SMILES string of the molecule is C=COC(=O)CC=C(Cl)COC(=O)C(=C)C. The molecule has 0 aromatic carbocycles. The number of hydrogen-bond acceptors (Lipinski definition) is 4. The van der Waals surface area contributed by atoms with Gasteiger partial charge in [0.15, 0.2) is 0 Å². The molecule has 0 aromatic rings. The highest BCUT2D eigenvalue weighted by molar-refractivity contribution is 6.29. The summed E-state index contributed by atoms with van der Waals surface area (Å²) in [7, 11) is 0. The normalized spacial score (nSPS) is 10.5. The molecule has 0 aromatic heterocycles. The summed E-state index contributed by atoms with van der Waals surface area (Å²) in [5.41, 5.74) is 0.288. The lowest BCUT2D eigenvalue weighted by Crippen LogP contribution is -2.06. The molecule has 0 aliphatic carbocycles. The quantitative estimate of drug-likeness (QED) is 0.409.